The number of rotatable bonds is 0. The van der Waals surface area contributed by atoms with Crippen molar-refractivity contribution in [1.82, 2.24) is 9.55 Å². The Morgan fingerprint density at radius 3 is 3.40 bits per heavy atom. The molecule has 0 amide bonds. The Balaban J connectivity index is 2.09. The highest BCUT2D eigenvalue weighted by Gasteiger charge is 2.36. The number of nitrogens with one attached hydrogen (secondary N) is 1. The van der Waals surface area contributed by atoms with Crippen LogP contribution in [0.1, 0.15) is 11.9 Å². The number of ether oxygens (including phenoxy) is 1. The zero-order chi connectivity index (χ0) is 10.4. The van der Waals surface area contributed by atoms with Crippen LogP contribution in [0.15, 0.2) is 11.3 Å². The number of hydrogen-bond acceptors (Lipinski definition) is 6. The molecule has 15 heavy (non-hydrogen) atoms. The predicted octanol–water partition coefficient (Wildman–Crippen LogP) is -0.608. The second kappa shape index (κ2) is 2.63. The first-order chi connectivity index (χ1) is 7.29. The van der Waals surface area contributed by atoms with Gasteiger partial charge >= 0.3 is 0 Å². The number of hydrogen-bond donors (Lipinski definition) is 2. The van der Waals surface area contributed by atoms with Crippen molar-refractivity contribution < 1.29 is 4.74 Å². The molecular formula is C8H8N6O. The Bertz CT molecular complexity index is 484. The zero-order valence-corrected chi connectivity index (χ0v) is 7.71. The lowest BCUT2D eigenvalue weighted by atomic mass is 10.2. The van der Waals surface area contributed by atoms with Crippen LogP contribution in [0.4, 0.5) is 5.82 Å². The molecule has 0 fully saturated rings. The van der Waals surface area contributed by atoms with Gasteiger partial charge in [-0.1, -0.05) is 0 Å². The van der Waals surface area contributed by atoms with E-state index in [4.69, 9.17) is 15.7 Å². The third-order valence-electron chi connectivity index (χ3n) is 2.52. The first-order valence-corrected chi connectivity index (χ1v) is 4.50. The van der Waals surface area contributed by atoms with Crippen molar-refractivity contribution in [3.63, 3.8) is 0 Å². The third kappa shape index (κ3) is 0.985. The van der Waals surface area contributed by atoms with Gasteiger partial charge in [-0.25, -0.2) is 9.98 Å². The minimum atomic E-state index is -0.198. The molecule has 3 rings (SSSR count). The Morgan fingerprint density at radius 2 is 2.60 bits per heavy atom. The van der Waals surface area contributed by atoms with Gasteiger partial charge in [-0.2, -0.15) is 5.26 Å². The minimum Gasteiger partial charge on any atom is -0.456 e. The van der Waals surface area contributed by atoms with Crippen molar-refractivity contribution in [2.75, 3.05) is 11.9 Å². The lowest BCUT2D eigenvalue weighted by Gasteiger charge is -2.26. The molecule has 1 aromatic rings. The van der Waals surface area contributed by atoms with Crippen molar-refractivity contribution in [3.05, 3.63) is 12.0 Å². The van der Waals surface area contributed by atoms with Crippen molar-refractivity contribution in [3.8, 4) is 6.07 Å². The van der Waals surface area contributed by atoms with Gasteiger partial charge < -0.3 is 15.8 Å². The summed E-state index contributed by atoms with van der Waals surface area (Å²) in [4.78, 5) is 8.12. The molecule has 0 spiro atoms. The molecule has 0 bridgehead atoms. The van der Waals surface area contributed by atoms with Crippen LogP contribution < -0.4 is 11.1 Å². The fourth-order valence-electron chi connectivity index (χ4n) is 1.86. The van der Waals surface area contributed by atoms with Gasteiger partial charge in [0.05, 0.1) is 12.9 Å². The Morgan fingerprint density at radius 1 is 1.73 bits per heavy atom. The maximum atomic E-state index is 8.82. The monoisotopic (exact) mass is 204 g/mol. The maximum Gasteiger partial charge on any atom is 0.284 e. The normalized spacial score (nSPS) is 26.7. The van der Waals surface area contributed by atoms with Crippen molar-refractivity contribution >= 4 is 11.8 Å². The molecule has 7 heteroatoms. The SMILES string of the molecule is N#Cc1ncn2c1NC[C@H]1OC(N)=N[C@H]12. The van der Waals surface area contributed by atoms with Crippen LogP contribution in [0.5, 0.6) is 0 Å². The molecule has 0 unspecified atom stereocenters. The van der Waals surface area contributed by atoms with Gasteiger partial charge in [0.15, 0.2) is 18.0 Å². The third-order valence-corrected chi connectivity index (χ3v) is 2.52. The van der Waals surface area contributed by atoms with Crippen LogP contribution >= 0.6 is 0 Å². The van der Waals surface area contributed by atoms with Gasteiger partial charge in [0.2, 0.25) is 0 Å². The van der Waals surface area contributed by atoms with Gasteiger partial charge in [-0.15, -0.1) is 0 Å². The molecule has 3 heterocycles. The average Bonchev–Trinajstić information content (AvgIpc) is 2.78. The molecular weight excluding hydrogens is 196 g/mol. The first kappa shape index (κ1) is 8.11. The minimum absolute atomic E-state index is 0.113. The van der Waals surface area contributed by atoms with Gasteiger partial charge in [-0.05, 0) is 0 Å². The summed E-state index contributed by atoms with van der Waals surface area (Å²) >= 11 is 0. The van der Waals surface area contributed by atoms with E-state index in [0.717, 1.165) is 0 Å². The molecule has 2 aliphatic heterocycles. The van der Waals surface area contributed by atoms with Crippen LogP contribution in [-0.2, 0) is 4.74 Å². The molecule has 0 saturated carbocycles. The number of fused-ring (bicyclic) bond motifs is 3. The van der Waals surface area contributed by atoms with Gasteiger partial charge in [-0.3, -0.25) is 4.57 Å². The molecule has 2 aliphatic rings. The number of nitriles is 1. The summed E-state index contributed by atoms with van der Waals surface area (Å²) in [6, 6.07) is 2.20. The maximum absolute atomic E-state index is 8.82. The Labute approximate surface area is 85.2 Å². The molecule has 0 radical (unpaired) electrons. The zero-order valence-electron chi connectivity index (χ0n) is 7.71. The largest absolute Gasteiger partial charge is 0.456 e. The number of amidine groups is 1. The van der Waals surface area contributed by atoms with E-state index in [2.05, 4.69) is 15.3 Å². The Kier molecular flexibility index (Phi) is 1.42. The van der Waals surface area contributed by atoms with E-state index in [1.165, 1.54) is 0 Å². The Hall–Kier alpha value is -2.23. The number of aliphatic imine (C=N–C) groups is 1. The van der Waals surface area contributed by atoms with Crippen LogP contribution in [0.25, 0.3) is 0 Å². The van der Waals surface area contributed by atoms with Crippen molar-refractivity contribution in [1.29, 1.82) is 5.26 Å². The van der Waals surface area contributed by atoms with Gasteiger partial charge in [0.25, 0.3) is 6.02 Å². The molecule has 0 saturated heterocycles. The van der Waals surface area contributed by atoms with Gasteiger partial charge in [0.1, 0.15) is 11.9 Å². The summed E-state index contributed by atoms with van der Waals surface area (Å²) in [6.07, 6.45) is 1.26. The van der Waals surface area contributed by atoms with Crippen LogP contribution in [0.3, 0.4) is 0 Å². The number of anilines is 1. The van der Waals surface area contributed by atoms with E-state index in [0.29, 0.717) is 18.1 Å². The summed E-state index contributed by atoms with van der Waals surface area (Å²) in [6.45, 7) is 0.579. The van der Waals surface area contributed by atoms with Gasteiger partial charge in [0, 0.05) is 0 Å². The quantitative estimate of drug-likeness (QED) is 0.587. The number of aromatic nitrogens is 2. The van der Waals surface area contributed by atoms with E-state index in [-0.39, 0.29) is 18.3 Å². The molecule has 7 nitrogen and oxygen atoms in total. The smallest absolute Gasteiger partial charge is 0.284 e. The summed E-state index contributed by atoms with van der Waals surface area (Å²) < 4.78 is 7.07. The highest BCUT2D eigenvalue weighted by molar-refractivity contribution is 5.73. The molecule has 3 N–H and O–H groups in total. The lowest BCUT2D eigenvalue weighted by Crippen LogP contribution is -2.35. The van der Waals surface area contributed by atoms with Crippen molar-refractivity contribution in [2.45, 2.75) is 12.3 Å². The lowest BCUT2D eigenvalue weighted by molar-refractivity contribution is 0.167. The molecule has 2 atom stereocenters. The molecule has 0 aliphatic carbocycles. The van der Waals surface area contributed by atoms with E-state index in [1.54, 1.807) is 10.9 Å². The number of imidazole rings is 1. The fourth-order valence-corrected chi connectivity index (χ4v) is 1.86. The second-order valence-electron chi connectivity index (χ2n) is 3.38. The highest BCUT2D eigenvalue weighted by atomic mass is 16.5. The summed E-state index contributed by atoms with van der Waals surface area (Å²) in [5.41, 5.74) is 5.86. The van der Waals surface area contributed by atoms with E-state index >= 15 is 0 Å². The number of nitrogens with two attached hydrogens (primary N) is 1. The first-order valence-electron chi connectivity index (χ1n) is 4.50. The van der Waals surface area contributed by atoms with E-state index in [9.17, 15) is 0 Å². The fraction of sp³-hybridized carbons (Fsp3) is 0.375. The van der Waals surface area contributed by atoms with Crippen molar-refractivity contribution in [2.24, 2.45) is 10.7 Å². The van der Waals surface area contributed by atoms with E-state index in [1.807, 2.05) is 6.07 Å². The number of nitrogens with zero attached hydrogens (tertiary/aromatic N) is 4. The predicted molar refractivity (Wildman–Crippen MR) is 51.0 cm³/mol. The van der Waals surface area contributed by atoms with E-state index < -0.39 is 0 Å². The summed E-state index contributed by atoms with van der Waals surface area (Å²) in [5, 5.41) is 11.9. The molecule has 76 valence electrons. The summed E-state index contributed by atoms with van der Waals surface area (Å²) in [5.74, 6) is 0.681. The molecule has 0 aromatic carbocycles. The second-order valence-corrected chi connectivity index (χ2v) is 3.38. The standard InChI is InChI=1S/C8H8N6O/c9-1-4-6-11-2-5-7(13-8(10)15-5)14(6)3-12-4/h3,5,7,11H,2H2,(H2,10,13)/t5-,7+/m1/s1. The van der Waals surface area contributed by atoms with Crippen LogP contribution in [0.2, 0.25) is 0 Å². The van der Waals surface area contributed by atoms with Crippen LogP contribution in [-0.4, -0.2) is 28.2 Å². The molecule has 1 aromatic heterocycles. The highest BCUT2D eigenvalue weighted by Crippen LogP contribution is 2.31. The summed E-state index contributed by atoms with van der Waals surface area (Å²) in [7, 11) is 0. The average molecular weight is 204 g/mol. The van der Waals surface area contributed by atoms with Crippen LogP contribution in [0, 0.1) is 11.3 Å². The topological polar surface area (TPSA) is 101 Å².